The van der Waals surface area contributed by atoms with E-state index in [1.165, 1.54) is 89.9 Å². The van der Waals surface area contributed by atoms with E-state index in [1.807, 2.05) is 0 Å². The van der Waals surface area contributed by atoms with Crippen LogP contribution >= 0.6 is 0 Å². The van der Waals surface area contributed by atoms with Crippen molar-refractivity contribution in [3.05, 3.63) is 0 Å². The van der Waals surface area contributed by atoms with E-state index < -0.39 is 0 Å². The summed E-state index contributed by atoms with van der Waals surface area (Å²) in [6, 6.07) is 0.659. The van der Waals surface area contributed by atoms with Crippen LogP contribution in [-0.2, 0) is 4.79 Å². The summed E-state index contributed by atoms with van der Waals surface area (Å²) in [5, 5.41) is 6.92. The van der Waals surface area contributed by atoms with Gasteiger partial charge in [-0.2, -0.15) is 0 Å². The van der Waals surface area contributed by atoms with E-state index in [2.05, 4.69) is 50.2 Å². The van der Waals surface area contributed by atoms with Gasteiger partial charge >= 0.3 is 0 Å². The first-order valence-electron chi connectivity index (χ1n) is 15.2. The van der Waals surface area contributed by atoms with Crippen LogP contribution in [0.4, 0.5) is 0 Å². The molecule has 0 aliphatic heterocycles. The van der Waals surface area contributed by atoms with Gasteiger partial charge in [0.15, 0.2) is 0 Å². The summed E-state index contributed by atoms with van der Waals surface area (Å²) >= 11 is 0. The summed E-state index contributed by atoms with van der Waals surface area (Å²) in [4.78, 5) is 12.6. The Bertz CT molecular complexity index is 493. The van der Waals surface area contributed by atoms with Crippen LogP contribution in [0.25, 0.3) is 0 Å². The van der Waals surface area contributed by atoms with E-state index in [9.17, 15) is 4.79 Å². The molecule has 0 saturated heterocycles. The Kier molecular flexibility index (Phi) is 25.8. The number of amides is 1. The lowest BCUT2D eigenvalue weighted by Gasteiger charge is -2.18. The number of rotatable bonds is 24. The van der Waals surface area contributed by atoms with E-state index >= 15 is 0 Å². The number of carbonyl (C=O) groups is 1. The molecule has 0 heterocycles. The Morgan fingerprint density at radius 1 is 0.588 bits per heavy atom. The van der Waals surface area contributed by atoms with E-state index in [0.717, 1.165) is 45.1 Å². The molecular formula is C31H60N2O. The van der Waals surface area contributed by atoms with Crippen molar-refractivity contribution < 1.29 is 4.79 Å². The molecule has 2 N–H and O–H groups in total. The molecule has 0 radical (unpaired) electrons. The predicted octanol–water partition coefficient (Wildman–Crippen LogP) is 8.56. The van der Waals surface area contributed by atoms with Gasteiger partial charge in [0.25, 0.3) is 0 Å². The summed E-state index contributed by atoms with van der Waals surface area (Å²) in [5.41, 5.74) is 0. The molecule has 200 valence electrons. The zero-order valence-electron chi connectivity index (χ0n) is 23.6. The highest BCUT2D eigenvalue weighted by atomic mass is 16.1. The Balaban J connectivity index is 4.11. The van der Waals surface area contributed by atoms with Crippen molar-refractivity contribution in [1.29, 1.82) is 0 Å². The van der Waals surface area contributed by atoms with Crippen molar-refractivity contribution in [1.82, 2.24) is 10.6 Å². The van der Waals surface area contributed by atoms with E-state index in [0.29, 0.717) is 12.6 Å². The third kappa shape index (κ3) is 21.5. The van der Waals surface area contributed by atoms with Gasteiger partial charge in [0.05, 0.1) is 0 Å². The summed E-state index contributed by atoms with van der Waals surface area (Å²) in [7, 11) is 0. The molecule has 0 saturated carbocycles. The van der Waals surface area contributed by atoms with E-state index in [1.54, 1.807) is 0 Å². The van der Waals surface area contributed by atoms with Crippen LogP contribution in [0.15, 0.2) is 0 Å². The highest BCUT2D eigenvalue weighted by molar-refractivity contribution is 5.78. The molecule has 0 bridgehead atoms. The van der Waals surface area contributed by atoms with Crippen molar-refractivity contribution in [2.75, 3.05) is 13.1 Å². The number of carbonyl (C=O) groups excluding carboxylic acids is 1. The highest BCUT2D eigenvalue weighted by Crippen LogP contribution is 2.17. The number of nitrogens with one attached hydrogen (secondary N) is 2. The summed E-state index contributed by atoms with van der Waals surface area (Å²) in [6.07, 6.45) is 24.4. The Labute approximate surface area is 214 Å². The normalized spacial score (nSPS) is 12.7. The van der Waals surface area contributed by atoms with Crippen molar-refractivity contribution in [2.24, 2.45) is 5.92 Å². The second-order valence-electron chi connectivity index (χ2n) is 10.2. The molecule has 0 aromatic heterocycles. The molecular weight excluding hydrogens is 416 g/mol. The molecule has 2 unspecified atom stereocenters. The average molecular weight is 477 g/mol. The first-order chi connectivity index (χ1) is 16.7. The monoisotopic (exact) mass is 476 g/mol. The Morgan fingerprint density at radius 3 is 1.71 bits per heavy atom. The molecule has 0 aliphatic rings. The maximum Gasteiger partial charge on any atom is 0.223 e. The van der Waals surface area contributed by atoms with Crippen molar-refractivity contribution >= 4 is 5.91 Å². The Hall–Kier alpha value is -1.01. The lowest BCUT2D eigenvalue weighted by Crippen LogP contribution is -2.31. The van der Waals surface area contributed by atoms with Crippen LogP contribution in [0.5, 0.6) is 0 Å². The fraction of sp³-hybridized carbons (Fsp3) is 0.903. The summed E-state index contributed by atoms with van der Waals surface area (Å²) in [6.45, 7) is 10.7. The van der Waals surface area contributed by atoms with Gasteiger partial charge in [-0.1, -0.05) is 118 Å². The topological polar surface area (TPSA) is 41.1 Å². The number of unbranched alkanes of at least 4 members (excludes halogenated alkanes) is 10. The quantitative estimate of drug-likeness (QED) is 0.108. The van der Waals surface area contributed by atoms with Gasteiger partial charge < -0.3 is 10.6 Å². The van der Waals surface area contributed by atoms with Crippen LogP contribution in [-0.4, -0.2) is 25.0 Å². The van der Waals surface area contributed by atoms with Gasteiger partial charge in [-0.05, 0) is 25.7 Å². The number of hydrogen-bond donors (Lipinski definition) is 2. The van der Waals surface area contributed by atoms with Gasteiger partial charge in [0.1, 0.15) is 0 Å². The summed E-state index contributed by atoms with van der Waals surface area (Å²) in [5.74, 6) is 7.03. The van der Waals surface area contributed by atoms with Gasteiger partial charge in [0.2, 0.25) is 5.91 Å². The van der Waals surface area contributed by atoms with Gasteiger partial charge in [-0.25, -0.2) is 0 Å². The zero-order valence-corrected chi connectivity index (χ0v) is 23.6. The minimum absolute atomic E-state index is 0.195. The maximum atomic E-state index is 12.6. The van der Waals surface area contributed by atoms with Gasteiger partial charge in [-0.3, -0.25) is 4.79 Å². The number of hydrogen-bond acceptors (Lipinski definition) is 2. The second kappa shape index (κ2) is 26.6. The van der Waals surface area contributed by atoms with Crippen LogP contribution in [0.2, 0.25) is 0 Å². The minimum Gasteiger partial charge on any atom is -0.355 e. The largest absolute Gasteiger partial charge is 0.355 e. The molecule has 0 aromatic carbocycles. The molecule has 3 heteroatoms. The molecule has 0 spiro atoms. The molecule has 0 fully saturated rings. The van der Waals surface area contributed by atoms with Crippen molar-refractivity contribution in [2.45, 2.75) is 162 Å². The molecule has 1 amide bonds. The maximum absolute atomic E-state index is 12.6. The molecule has 34 heavy (non-hydrogen) atoms. The molecule has 0 aromatic rings. The first kappa shape index (κ1) is 33.0. The van der Waals surface area contributed by atoms with Crippen LogP contribution < -0.4 is 10.6 Å². The average Bonchev–Trinajstić information content (AvgIpc) is 2.84. The van der Waals surface area contributed by atoms with Crippen LogP contribution in [0.1, 0.15) is 156 Å². The fourth-order valence-corrected chi connectivity index (χ4v) is 4.57. The lowest BCUT2D eigenvalue weighted by molar-refractivity contribution is -0.125. The summed E-state index contributed by atoms with van der Waals surface area (Å²) < 4.78 is 0. The van der Waals surface area contributed by atoms with Gasteiger partial charge in [-0.15, -0.1) is 11.8 Å². The fourth-order valence-electron chi connectivity index (χ4n) is 4.57. The van der Waals surface area contributed by atoms with Crippen molar-refractivity contribution in [3.8, 4) is 11.8 Å². The highest BCUT2D eigenvalue weighted by Gasteiger charge is 2.16. The lowest BCUT2D eigenvalue weighted by atomic mass is 9.94. The minimum atomic E-state index is 0.195. The second-order valence-corrected chi connectivity index (χ2v) is 10.2. The van der Waals surface area contributed by atoms with Crippen molar-refractivity contribution in [3.63, 3.8) is 0 Å². The molecule has 2 atom stereocenters. The van der Waals surface area contributed by atoms with E-state index in [-0.39, 0.29) is 11.8 Å². The molecule has 3 nitrogen and oxygen atoms in total. The third-order valence-corrected chi connectivity index (χ3v) is 6.85. The molecule has 0 aliphatic carbocycles. The first-order valence-corrected chi connectivity index (χ1v) is 15.2. The smallest absolute Gasteiger partial charge is 0.223 e. The van der Waals surface area contributed by atoms with E-state index in [4.69, 9.17) is 0 Å². The molecule has 0 rings (SSSR count). The third-order valence-electron chi connectivity index (χ3n) is 6.85. The predicted molar refractivity (Wildman–Crippen MR) is 151 cm³/mol. The van der Waals surface area contributed by atoms with Crippen LogP contribution in [0, 0.1) is 17.8 Å². The van der Waals surface area contributed by atoms with Gasteiger partial charge in [0, 0.05) is 37.9 Å². The zero-order chi connectivity index (χ0) is 25.1. The van der Waals surface area contributed by atoms with Crippen LogP contribution in [0.3, 0.4) is 0 Å². The standard InChI is InChI=1S/C31H60N2O/c1-5-9-13-15-20-26-30(25-18-11-7-3)32-27-21-16-17-22-28-33-31(34)29(23-12-8-4)24-19-14-10-6-2/h29-30,32H,5-15,18-28H2,1-4H3,(H,33,34). The SMILES string of the molecule is CCCCCCCC(CCCCC)NCCC#CCCNC(=O)C(CCCC)CCCCCC. The Morgan fingerprint density at radius 2 is 1.06 bits per heavy atom.